The molecular weight excluding hydrogens is 432 g/mol. The van der Waals surface area contributed by atoms with E-state index in [1.54, 1.807) is 19.2 Å². The van der Waals surface area contributed by atoms with Crippen LogP contribution in [0.2, 0.25) is 0 Å². The predicted octanol–water partition coefficient (Wildman–Crippen LogP) is 1.74. The predicted molar refractivity (Wildman–Crippen MR) is 117 cm³/mol. The number of imidazole rings is 1. The first-order valence-corrected chi connectivity index (χ1v) is 10.7. The first-order chi connectivity index (χ1) is 15.9. The van der Waals surface area contributed by atoms with Crippen LogP contribution in [0.4, 0.5) is 20.2 Å². The van der Waals surface area contributed by atoms with Crippen molar-refractivity contribution in [1.82, 2.24) is 24.6 Å². The normalized spacial score (nSPS) is 18.5. The van der Waals surface area contributed by atoms with Crippen LogP contribution in [-0.2, 0) is 11.3 Å². The Morgan fingerprint density at radius 1 is 1.21 bits per heavy atom. The van der Waals surface area contributed by atoms with Crippen molar-refractivity contribution in [1.29, 1.82) is 0 Å². The summed E-state index contributed by atoms with van der Waals surface area (Å²) in [5.41, 5.74) is 2.84. The third kappa shape index (κ3) is 3.67. The number of aromatic nitrogens is 3. The van der Waals surface area contributed by atoms with Crippen LogP contribution in [0.15, 0.2) is 24.4 Å². The zero-order chi connectivity index (χ0) is 23.3. The van der Waals surface area contributed by atoms with Crippen LogP contribution in [0.3, 0.4) is 0 Å². The summed E-state index contributed by atoms with van der Waals surface area (Å²) in [5.74, 6) is -1.82. The SMILES string of the molecule is CNC(=O)c1ccc(N2CCN(Cc3cc4c5c(nc(F)n5c3)[C@H](C)C(=O)N4)CC2)c(F)n1. The van der Waals surface area contributed by atoms with E-state index < -0.39 is 23.9 Å². The monoisotopic (exact) mass is 455 g/mol. The van der Waals surface area contributed by atoms with Crippen molar-refractivity contribution in [2.24, 2.45) is 0 Å². The number of nitrogens with zero attached hydrogens (tertiary/aromatic N) is 5. The van der Waals surface area contributed by atoms with E-state index in [4.69, 9.17) is 0 Å². The number of amides is 2. The van der Waals surface area contributed by atoms with Crippen molar-refractivity contribution in [3.05, 3.63) is 53.4 Å². The van der Waals surface area contributed by atoms with Gasteiger partial charge in [-0.15, -0.1) is 0 Å². The van der Waals surface area contributed by atoms with Crippen LogP contribution >= 0.6 is 0 Å². The number of anilines is 2. The molecule has 2 aliphatic rings. The van der Waals surface area contributed by atoms with Gasteiger partial charge in [-0.2, -0.15) is 8.78 Å². The van der Waals surface area contributed by atoms with E-state index in [1.165, 1.54) is 17.5 Å². The highest BCUT2D eigenvalue weighted by atomic mass is 19.1. The fourth-order valence-corrected chi connectivity index (χ4v) is 4.44. The highest BCUT2D eigenvalue weighted by Gasteiger charge is 2.30. The van der Waals surface area contributed by atoms with Gasteiger partial charge in [0.2, 0.25) is 11.9 Å². The summed E-state index contributed by atoms with van der Waals surface area (Å²) in [7, 11) is 1.47. The summed E-state index contributed by atoms with van der Waals surface area (Å²) in [4.78, 5) is 35.7. The Kier molecular flexibility index (Phi) is 5.20. The Morgan fingerprint density at radius 3 is 2.67 bits per heavy atom. The molecular formula is C22H23F2N7O2. The standard InChI is InChI=1S/C22H23F2N7O2/c1-12-17-18-15(27-20(12)32)9-13(11-31(18)22(24)28-17)10-29-5-7-30(8-6-29)16-4-3-14(21(33)25-2)26-19(16)23/h3-4,9,11-12H,5-8,10H2,1-2H3,(H,25,33)(H,27,32)/t12-/m0/s1. The van der Waals surface area contributed by atoms with Crippen molar-refractivity contribution in [2.75, 3.05) is 43.4 Å². The topological polar surface area (TPSA) is 94.9 Å². The Labute approximate surface area is 188 Å². The molecule has 33 heavy (non-hydrogen) atoms. The molecule has 3 aromatic rings. The summed E-state index contributed by atoms with van der Waals surface area (Å²) < 4.78 is 30.3. The zero-order valence-electron chi connectivity index (χ0n) is 18.2. The summed E-state index contributed by atoms with van der Waals surface area (Å²) in [6, 6.07) is 4.94. The molecule has 5 rings (SSSR count). The molecule has 0 spiro atoms. The van der Waals surface area contributed by atoms with Crippen LogP contribution in [0.25, 0.3) is 5.52 Å². The number of rotatable bonds is 4. The van der Waals surface area contributed by atoms with Crippen molar-refractivity contribution in [3.8, 4) is 0 Å². The number of hydrogen-bond acceptors (Lipinski definition) is 6. The average molecular weight is 455 g/mol. The van der Waals surface area contributed by atoms with Gasteiger partial charge in [0.05, 0.1) is 28.5 Å². The molecule has 3 aromatic heterocycles. The minimum Gasteiger partial charge on any atom is -0.365 e. The van der Waals surface area contributed by atoms with Gasteiger partial charge in [0.15, 0.2) is 0 Å². The van der Waals surface area contributed by atoms with E-state index in [1.807, 2.05) is 11.0 Å². The number of carbonyl (C=O) groups excluding carboxylic acids is 2. The van der Waals surface area contributed by atoms with Gasteiger partial charge in [0, 0.05) is 46.0 Å². The highest BCUT2D eigenvalue weighted by Crippen LogP contribution is 2.34. The van der Waals surface area contributed by atoms with Crippen LogP contribution in [0, 0.1) is 12.0 Å². The Balaban J connectivity index is 1.30. The fourth-order valence-electron chi connectivity index (χ4n) is 4.44. The second-order valence-electron chi connectivity index (χ2n) is 8.31. The van der Waals surface area contributed by atoms with Crippen LogP contribution in [-0.4, -0.2) is 64.3 Å². The van der Waals surface area contributed by atoms with Crippen molar-refractivity contribution < 1.29 is 18.4 Å². The molecule has 11 heteroatoms. The minimum atomic E-state index is -0.676. The van der Waals surface area contributed by atoms with Gasteiger partial charge in [-0.25, -0.2) is 9.97 Å². The second-order valence-corrected chi connectivity index (χ2v) is 8.31. The summed E-state index contributed by atoms with van der Waals surface area (Å²) in [6.07, 6.45) is 1.07. The van der Waals surface area contributed by atoms with Gasteiger partial charge in [0.25, 0.3) is 12.0 Å². The second kappa shape index (κ2) is 8.07. The molecule has 0 aliphatic carbocycles. The first-order valence-electron chi connectivity index (χ1n) is 10.7. The number of carbonyl (C=O) groups is 2. The molecule has 0 saturated carbocycles. The van der Waals surface area contributed by atoms with E-state index >= 15 is 0 Å². The van der Waals surface area contributed by atoms with Gasteiger partial charge in [0.1, 0.15) is 5.69 Å². The number of nitrogens with one attached hydrogen (secondary N) is 2. The highest BCUT2D eigenvalue weighted by molar-refractivity contribution is 6.04. The van der Waals surface area contributed by atoms with Crippen LogP contribution in [0.5, 0.6) is 0 Å². The smallest absolute Gasteiger partial charge is 0.294 e. The summed E-state index contributed by atoms with van der Waals surface area (Å²) >= 11 is 0. The molecule has 1 atom stereocenters. The minimum absolute atomic E-state index is 0.0353. The fraction of sp³-hybridized carbons (Fsp3) is 0.364. The maximum atomic E-state index is 14.5. The number of halogens is 2. The maximum absolute atomic E-state index is 14.5. The Morgan fingerprint density at radius 2 is 1.97 bits per heavy atom. The third-order valence-electron chi connectivity index (χ3n) is 6.24. The molecule has 2 amide bonds. The van der Waals surface area contributed by atoms with Crippen molar-refractivity contribution in [3.63, 3.8) is 0 Å². The molecule has 0 unspecified atom stereocenters. The molecule has 0 aromatic carbocycles. The van der Waals surface area contributed by atoms with Gasteiger partial charge < -0.3 is 15.5 Å². The lowest BCUT2D eigenvalue weighted by Crippen LogP contribution is -2.46. The van der Waals surface area contributed by atoms with Gasteiger partial charge in [-0.3, -0.25) is 18.9 Å². The molecule has 2 aliphatic heterocycles. The quantitative estimate of drug-likeness (QED) is 0.582. The average Bonchev–Trinajstić information content (AvgIpc) is 3.14. The van der Waals surface area contributed by atoms with E-state index in [9.17, 15) is 18.4 Å². The third-order valence-corrected chi connectivity index (χ3v) is 6.24. The molecule has 1 saturated heterocycles. The lowest BCUT2D eigenvalue weighted by atomic mass is 10.0. The molecule has 0 radical (unpaired) electrons. The maximum Gasteiger partial charge on any atom is 0.294 e. The zero-order valence-corrected chi connectivity index (χ0v) is 18.2. The summed E-state index contributed by atoms with van der Waals surface area (Å²) in [5, 5.41) is 5.27. The van der Waals surface area contributed by atoms with Crippen LogP contribution in [0.1, 0.15) is 34.6 Å². The first kappa shape index (κ1) is 21.3. The van der Waals surface area contributed by atoms with Gasteiger partial charge in [-0.1, -0.05) is 0 Å². The number of hydrogen-bond donors (Lipinski definition) is 2. The Hall–Kier alpha value is -3.60. The summed E-state index contributed by atoms with van der Waals surface area (Å²) in [6.45, 7) is 4.72. The molecule has 172 valence electrons. The van der Waals surface area contributed by atoms with Crippen LogP contribution < -0.4 is 15.5 Å². The molecule has 0 bridgehead atoms. The van der Waals surface area contributed by atoms with E-state index in [2.05, 4.69) is 25.5 Å². The van der Waals surface area contributed by atoms with E-state index in [0.717, 1.165) is 5.56 Å². The molecule has 5 heterocycles. The largest absolute Gasteiger partial charge is 0.365 e. The van der Waals surface area contributed by atoms with E-state index in [-0.39, 0.29) is 11.6 Å². The lowest BCUT2D eigenvalue weighted by Gasteiger charge is -2.36. The van der Waals surface area contributed by atoms with Gasteiger partial charge in [-0.05, 0) is 30.7 Å². The lowest BCUT2D eigenvalue weighted by molar-refractivity contribution is -0.117. The van der Waals surface area contributed by atoms with Gasteiger partial charge >= 0.3 is 0 Å². The van der Waals surface area contributed by atoms with Crippen molar-refractivity contribution in [2.45, 2.75) is 19.4 Å². The molecule has 9 nitrogen and oxygen atoms in total. The van der Waals surface area contributed by atoms with E-state index in [0.29, 0.717) is 55.3 Å². The number of piperazine rings is 1. The van der Waals surface area contributed by atoms with Crippen molar-refractivity contribution >= 4 is 28.7 Å². The number of pyridine rings is 2. The molecule has 2 N–H and O–H groups in total. The Bertz CT molecular complexity index is 1270. The molecule has 1 fully saturated rings.